The minimum atomic E-state index is 0.802. The fourth-order valence-corrected chi connectivity index (χ4v) is 2.90. The molecule has 124 valence electrons. The lowest BCUT2D eigenvalue weighted by Crippen LogP contribution is -1.94. The molecule has 0 fully saturated rings. The van der Waals surface area contributed by atoms with E-state index in [0.717, 1.165) is 39.4 Å². The first kappa shape index (κ1) is 16.6. The Labute approximate surface area is 149 Å². The summed E-state index contributed by atoms with van der Waals surface area (Å²) < 4.78 is 5.43. The molecule has 1 N–H and O–H groups in total. The van der Waals surface area contributed by atoms with Gasteiger partial charge >= 0.3 is 0 Å². The predicted molar refractivity (Wildman–Crippen MR) is 108 cm³/mol. The second kappa shape index (κ2) is 7.54. The van der Waals surface area contributed by atoms with E-state index in [0.29, 0.717) is 0 Å². The molecule has 0 spiro atoms. The Morgan fingerprint density at radius 1 is 0.760 bits per heavy atom. The molecule has 0 saturated carbocycles. The van der Waals surface area contributed by atoms with Gasteiger partial charge in [-0.25, -0.2) is 0 Å². The number of hydrogen-bond acceptors (Lipinski definition) is 2. The van der Waals surface area contributed by atoms with E-state index in [1.54, 1.807) is 7.11 Å². The summed E-state index contributed by atoms with van der Waals surface area (Å²) in [7, 11) is 1.67. The Kier molecular flexibility index (Phi) is 5.00. The van der Waals surface area contributed by atoms with Crippen LogP contribution in [0.2, 0.25) is 0 Å². The second-order valence-corrected chi connectivity index (χ2v) is 5.62. The van der Waals surface area contributed by atoms with E-state index in [4.69, 9.17) is 4.74 Å². The van der Waals surface area contributed by atoms with Crippen LogP contribution < -0.4 is 10.1 Å². The molecule has 0 aliphatic carbocycles. The van der Waals surface area contributed by atoms with E-state index < -0.39 is 0 Å². The minimum absolute atomic E-state index is 0.802. The van der Waals surface area contributed by atoms with Crippen LogP contribution in [0.1, 0.15) is 11.1 Å². The molecule has 0 aliphatic rings. The summed E-state index contributed by atoms with van der Waals surface area (Å²) >= 11 is 0. The van der Waals surface area contributed by atoms with Gasteiger partial charge in [-0.15, -0.1) is 0 Å². The first-order chi connectivity index (χ1) is 12.3. The molecule has 0 aromatic heterocycles. The second-order valence-electron chi connectivity index (χ2n) is 5.62. The van der Waals surface area contributed by atoms with Crippen molar-refractivity contribution in [3.63, 3.8) is 0 Å². The molecular weight excluding hydrogens is 306 g/mol. The highest BCUT2D eigenvalue weighted by atomic mass is 16.5. The van der Waals surface area contributed by atoms with Crippen LogP contribution in [-0.4, -0.2) is 7.11 Å². The summed E-state index contributed by atoms with van der Waals surface area (Å²) in [6, 6.07) is 22.5. The van der Waals surface area contributed by atoms with E-state index in [2.05, 4.69) is 48.8 Å². The van der Waals surface area contributed by atoms with Gasteiger partial charge in [0, 0.05) is 16.9 Å². The Morgan fingerprint density at radius 3 is 2.00 bits per heavy atom. The van der Waals surface area contributed by atoms with Crippen molar-refractivity contribution in [1.29, 1.82) is 0 Å². The van der Waals surface area contributed by atoms with Gasteiger partial charge in [0.1, 0.15) is 5.75 Å². The van der Waals surface area contributed by atoms with E-state index >= 15 is 0 Å². The molecular formula is C23H21NO. The highest BCUT2D eigenvalue weighted by molar-refractivity contribution is 5.83. The Balaban J connectivity index is 1.95. The largest absolute Gasteiger partial charge is 0.496 e. The van der Waals surface area contributed by atoms with Crippen molar-refractivity contribution in [2.45, 2.75) is 0 Å². The third-order valence-electron chi connectivity index (χ3n) is 4.13. The number of methoxy groups -OCH3 is 1. The van der Waals surface area contributed by atoms with Crippen LogP contribution in [0, 0.1) is 0 Å². The summed E-state index contributed by atoms with van der Waals surface area (Å²) in [5.74, 6) is 0.802. The maximum absolute atomic E-state index is 5.43. The summed E-state index contributed by atoms with van der Waals surface area (Å²) in [6.07, 6.45) is 3.66. The fourth-order valence-electron chi connectivity index (χ4n) is 2.90. The monoisotopic (exact) mass is 327 g/mol. The molecule has 2 heteroatoms. The van der Waals surface area contributed by atoms with E-state index in [-0.39, 0.29) is 0 Å². The molecule has 0 saturated heterocycles. The topological polar surface area (TPSA) is 21.3 Å². The Hall–Kier alpha value is -3.26. The number of hydrogen-bond donors (Lipinski definition) is 1. The molecule has 0 heterocycles. The summed E-state index contributed by atoms with van der Waals surface area (Å²) in [4.78, 5) is 0. The van der Waals surface area contributed by atoms with Crippen LogP contribution in [0.4, 0.5) is 11.4 Å². The summed E-state index contributed by atoms with van der Waals surface area (Å²) in [5, 5.41) is 3.40. The van der Waals surface area contributed by atoms with Crippen LogP contribution >= 0.6 is 0 Å². The van der Waals surface area contributed by atoms with Crippen molar-refractivity contribution in [2.24, 2.45) is 0 Å². The van der Waals surface area contributed by atoms with Crippen molar-refractivity contribution in [3.8, 4) is 16.9 Å². The lowest BCUT2D eigenvalue weighted by atomic mass is 9.94. The standard InChI is InChI=1S/C23H21NO/c1-4-20-21(5-2)23(25-3)16-15-22(20)17-11-13-19(14-12-17)24-18-9-7-6-8-10-18/h4-16,24H,1-2H2,3H3. The average Bonchev–Trinajstić information content (AvgIpc) is 2.68. The molecule has 0 radical (unpaired) electrons. The SMILES string of the molecule is C=Cc1c(OC)ccc(-c2ccc(Nc3ccccc3)cc2)c1C=C. The van der Waals surface area contributed by atoms with Crippen LogP contribution in [0.25, 0.3) is 23.3 Å². The number of para-hydroxylation sites is 1. The van der Waals surface area contributed by atoms with Gasteiger partial charge in [-0.3, -0.25) is 0 Å². The molecule has 3 aromatic rings. The zero-order chi connectivity index (χ0) is 17.6. The van der Waals surface area contributed by atoms with Gasteiger partial charge in [0.05, 0.1) is 7.11 Å². The maximum atomic E-state index is 5.43. The van der Waals surface area contributed by atoms with Gasteiger partial charge < -0.3 is 10.1 Å². The Morgan fingerprint density at radius 2 is 1.40 bits per heavy atom. The van der Waals surface area contributed by atoms with Crippen molar-refractivity contribution >= 4 is 23.5 Å². The molecule has 2 nitrogen and oxygen atoms in total. The lowest BCUT2D eigenvalue weighted by Gasteiger charge is -2.14. The number of anilines is 2. The van der Waals surface area contributed by atoms with Crippen molar-refractivity contribution in [1.82, 2.24) is 0 Å². The number of ether oxygens (including phenoxy) is 1. The molecule has 0 unspecified atom stereocenters. The molecule has 0 bridgehead atoms. The predicted octanol–water partition coefficient (Wildman–Crippen LogP) is 6.39. The van der Waals surface area contributed by atoms with Gasteiger partial charge in [-0.2, -0.15) is 0 Å². The van der Waals surface area contributed by atoms with E-state index in [9.17, 15) is 0 Å². The van der Waals surface area contributed by atoms with Crippen molar-refractivity contribution in [3.05, 3.63) is 91.0 Å². The minimum Gasteiger partial charge on any atom is -0.496 e. The van der Waals surface area contributed by atoms with Gasteiger partial charge in [0.15, 0.2) is 0 Å². The quantitative estimate of drug-likeness (QED) is 0.566. The lowest BCUT2D eigenvalue weighted by molar-refractivity contribution is 0.414. The van der Waals surface area contributed by atoms with Crippen molar-refractivity contribution in [2.75, 3.05) is 12.4 Å². The van der Waals surface area contributed by atoms with Gasteiger partial charge in [-0.05, 0) is 47.0 Å². The highest BCUT2D eigenvalue weighted by Crippen LogP contribution is 2.34. The summed E-state index contributed by atoms with van der Waals surface area (Å²) in [6.45, 7) is 7.86. The van der Waals surface area contributed by atoms with Gasteiger partial charge in [-0.1, -0.05) is 61.7 Å². The zero-order valence-electron chi connectivity index (χ0n) is 14.3. The van der Waals surface area contributed by atoms with Crippen molar-refractivity contribution < 1.29 is 4.74 Å². The molecule has 0 atom stereocenters. The highest BCUT2D eigenvalue weighted by Gasteiger charge is 2.11. The molecule has 0 amide bonds. The van der Waals surface area contributed by atoms with Crippen LogP contribution in [-0.2, 0) is 0 Å². The van der Waals surface area contributed by atoms with E-state index in [1.165, 1.54) is 0 Å². The van der Waals surface area contributed by atoms with E-state index in [1.807, 2.05) is 48.6 Å². The third-order valence-corrected chi connectivity index (χ3v) is 4.13. The number of rotatable bonds is 6. The maximum Gasteiger partial charge on any atom is 0.126 e. The van der Waals surface area contributed by atoms with Gasteiger partial charge in [0.2, 0.25) is 0 Å². The fraction of sp³-hybridized carbons (Fsp3) is 0.0435. The normalized spacial score (nSPS) is 10.1. The zero-order valence-corrected chi connectivity index (χ0v) is 14.3. The first-order valence-corrected chi connectivity index (χ1v) is 8.15. The Bertz CT molecular complexity index is 880. The molecule has 3 aromatic carbocycles. The first-order valence-electron chi connectivity index (χ1n) is 8.15. The summed E-state index contributed by atoms with van der Waals surface area (Å²) in [5.41, 5.74) is 6.34. The van der Waals surface area contributed by atoms with Crippen LogP contribution in [0.3, 0.4) is 0 Å². The number of nitrogens with one attached hydrogen (secondary N) is 1. The van der Waals surface area contributed by atoms with Crippen LogP contribution in [0.5, 0.6) is 5.75 Å². The van der Waals surface area contributed by atoms with Crippen LogP contribution in [0.15, 0.2) is 79.9 Å². The molecule has 0 aliphatic heterocycles. The smallest absolute Gasteiger partial charge is 0.126 e. The number of benzene rings is 3. The average molecular weight is 327 g/mol. The third kappa shape index (κ3) is 3.48. The molecule has 25 heavy (non-hydrogen) atoms. The van der Waals surface area contributed by atoms with Gasteiger partial charge in [0.25, 0.3) is 0 Å². The molecule has 3 rings (SSSR count).